The van der Waals surface area contributed by atoms with Gasteiger partial charge in [-0.15, -0.1) is 0 Å². The van der Waals surface area contributed by atoms with Crippen molar-refractivity contribution in [1.82, 2.24) is 9.88 Å². The van der Waals surface area contributed by atoms with E-state index in [1.807, 2.05) is 0 Å². The number of sulfone groups is 1. The summed E-state index contributed by atoms with van der Waals surface area (Å²) in [4.78, 5) is 17.4. The Bertz CT molecular complexity index is 741. The number of furan rings is 1. The zero-order chi connectivity index (χ0) is 15.2. The molecule has 0 aromatic carbocycles. The van der Waals surface area contributed by atoms with Crippen LogP contribution in [-0.2, 0) is 9.84 Å². The molecule has 0 bridgehead atoms. The molecule has 3 rings (SSSR count). The summed E-state index contributed by atoms with van der Waals surface area (Å²) in [6.45, 7) is 1.78. The second-order valence-electron chi connectivity index (χ2n) is 5.77. The van der Waals surface area contributed by atoms with Gasteiger partial charge in [-0.3, -0.25) is 4.79 Å². The average Bonchev–Trinajstić information content (AvgIpc) is 2.94. The van der Waals surface area contributed by atoms with Crippen molar-refractivity contribution in [2.24, 2.45) is 0 Å². The van der Waals surface area contributed by atoms with Gasteiger partial charge in [0.25, 0.3) is 5.91 Å². The van der Waals surface area contributed by atoms with Crippen LogP contribution in [0.2, 0.25) is 0 Å². The largest absolute Gasteiger partial charge is 0.463 e. The van der Waals surface area contributed by atoms with Crippen molar-refractivity contribution in [2.75, 3.05) is 12.0 Å². The topological polar surface area (TPSA) is 83.4 Å². The Kier molecular flexibility index (Phi) is 3.32. The number of carbonyl (C=O) groups excluding carboxylic acids is 1. The van der Waals surface area contributed by atoms with Gasteiger partial charge in [-0.25, -0.2) is 8.42 Å². The lowest BCUT2D eigenvalue weighted by Gasteiger charge is -2.28. The van der Waals surface area contributed by atoms with Crippen LogP contribution in [0.3, 0.4) is 0 Å². The number of nitrogens with zero attached hydrogens (tertiary/aromatic N) is 1. The minimum Gasteiger partial charge on any atom is -0.463 e. The molecule has 114 valence electrons. The monoisotopic (exact) mass is 310 g/mol. The lowest BCUT2D eigenvalue weighted by Crippen LogP contribution is -2.43. The first-order valence-electron chi connectivity index (χ1n) is 6.92. The maximum atomic E-state index is 12.7. The molecule has 1 fully saturated rings. The standard InChI is InChI=1S/C14H18N2O4S/c1-9(8-21(2,18)19)16(10-3-4-10)14(17)12-7-13-11(15-12)5-6-20-13/h5-7,9-10,15H,3-4,8H2,1-2H3. The van der Waals surface area contributed by atoms with Crippen molar-refractivity contribution in [3.63, 3.8) is 0 Å². The lowest BCUT2D eigenvalue weighted by molar-refractivity contribution is 0.0687. The van der Waals surface area contributed by atoms with Gasteiger partial charge in [0.2, 0.25) is 0 Å². The first kappa shape index (κ1) is 14.2. The summed E-state index contributed by atoms with van der Waals surface area (Å²) in [7, 11) is -3.13. The molecule has 0 aliphatic heterocycles. The van der Waals surface area contributed by atoms with Crippen LogP contribution in [0.4, 0.5) is 0 Å². The average molecular weight is 310 g/mol. The van der Waals surface area contributed by atoms with Crippen LogP contribution in [-0.4, -0.2) is 48.3 Å². The molecule has 2 aromatic rings. The third kappa shape index (κ3) is 2.97. The Morgan fingerprint density at radius 2 is 2.24 bits per heavy atom. The number of hydrogen-bond acceptors (Lipinski definition) is 4. The Morgan fingerprint density at radius 1 is 1.52 bits per heavy atom. The van der Waals surface area contributed by atoms with Crippen LogP contribution >= 0.6 is 0 Å². The summed E-state index contributed by atoms with van der Waals surface area (Å²) in [6.07, 6.45) is 4.61. The van der Waals surface area contributed by atoms with Crippen LogP contribution in [0.1, 0.15) is 30.3 Å². The molecule has 1 atom stereocenters. The third-order valence-corrected chi connectivity index (χ3v) is 4.75. The van der Waals surface area contributed by atoms with Gasteiger partial charge >= 0.3 is 0 Å². The molecule has 6 nitrogen and oxygen atoms in total. The zero-order valence-electron chi connectivity index (χ0n) is 12.0. The molecule has 1 aliphatic carbocycles. The smallest absolute Gasteiger partial charge is 0.270 e. The fourth-order valence-electron chi connectivity index (χ4n) is 2.70. The van der Waals surface area contributed by atoms with Crippen LogP contribution < -0.4 is 0 Å². The van der Waals surface area contributed by atoms with Gasteiger partial charge in [0, 0.05) is 30.5 Å². The molecule has 2 heterocycles. The van der Waals surface area contributed by atoms with Gasteiger partial charge in [0.15, 0.2) is 5.58 Å². The van der Waals surface area contributed by atoms with Crippen LogP contribution in [0, 0.1) is 0 Å². The van der Waals surface area contributed by atoms with Crippen LogP contribution in [0.15, 0.2) is 22.8 Å². The maximum Gasteiger partial charge on any atom is 0.270 e. The molecule has 7 heteroatoms. The first-order chi connectivity index (χ1) is 9.85. The van der Waals surface area contributed by atoms with Gasteiger partial charge in [-0.05, 0) is 19.8 Å². The quantitative estimate of drug-likeness (QED) is 0.912. The van der Waals surface area contributed by atoms with E-state index in [2.05, 4.69) is 4.98 Å². The van der Waals surface area contributed by atoms with E-state index in [4.69, 9.17) is 4.42 Å². The third-order valence-electron chi connectivity index (χ3n) is 3.66. The van der Waals surface area contributed by atoms with Crippen molar-refractivity contribution in [3.8, 4) is 0 Å². The lowest BCUT2D eigenvalue weighted by atomic mass is 10.2. The normalized spacial score (nSPS) is 17.0. The minimum absolute atomic E-state index is 0.0218. The Hall–Kier alpha value is -1.76. The van der Waals surface area contributed by atoms with Gasteiger partial charge in [0.1, 0.15) is 15.5 Å². The number of carbonyl (C=O) groups is 1. The number of aromatic nitrogens is 1. The summed E-state index contributed by atoms with van der Waals surface area (Å²) in [6, 6.07) is 3.23. The molecule has 1 unspecified atom stereocenters. The molecule has 1 amide bonds. The number of aromatic amines is 1. The number of rotatable bonds is 5. The van der Waals surface area contributed by atoms with E-state index in [9.17, 15) is 13.2 Å². The second-order valence-corrected chi connectivity index (χ2v) is 7.95. The van der Waals surface area contributed by atoms with Crippen molar-refractivity contribution < 1.29 is 17.6 Å². The van der Waals surface area contributed by atoms with Crippen molar-refractivity contribution in [2.45, 2.75) is 31.8 Å². The molecule has 2 aromatic heterocycles. The fourth-order valence-corrected chi connectivity index (χ4v) is 3.74. The van der Waals surface area contributed by atoms with E-state index in [1.165, 1.54) is 6.26 Å². The SMILES string of the molecule is CC(CS(C)(=O)=O)N(C(=O)c1cc2occc2[nH]1)C1CC1. The van der Waals surface area contributed by atoms with Gasteiger partial charge < -0.3 is 14.3 Å². The van der Waals surface area contributed by atoms with E-state index >= 15 is 0 Å². The van der Waals surface area contributed by atoms with E-state index in [0.717, 1.165) is 18.4 Å². The summed E-state index contributed by atoms with van der Waals surface area (Å²) in [5.74, 6) is -0.188. The van der Waals surface area contributed by atoms with Crippen LogP contribution in [0.5, 0.6) is 0 Å². The summed E-state index contributed by atoms with van der Waals surface area (Å²) < 4.78 is 28.2. The highest BCUT2D eigenvalue weighted by Gasteiger charge is 2.37. The summed E-state index contributed by atoms with van der Waals surface area (Å²) >= 11 is 0. The van der Waals surface area contributed by atoms with E-state index in [-0.39, 0.29) is 23.7 Å². The molecule has 0 saturated heterocycles. The molecule has 1 aliphatic rings. The number of fused-ring (bicyclic) bond motifs is 1. The molecular weight excluding hydrogens is 292 g/mol. The molecule has 0 spiro atoms. The van der Waals surface area contributed by atoms with E-state index < -0.39 is 9.84 Å². The molecule has 21 heavy (non-hydrogen) atoms. The van der Waals surface area contributed by atoms with Crippen molar-refractivity contribution >= 4 is 26.8 Å². The highest BCUT2D eigenvalue weighted by molar-refractivity contribution is 7.90. The predicted molar refractivity (Wildman–Crippen MR) is 78.9 cm³/mol. The second kappa shape index (κ2) is 4.91. The Labute approximate surface area is 123 Å². The number of nitrogens with one attached hydrogen (secondary N) is 1. The van der Waals surface area contributed by atoms with Crippen molar-refractivity contribution in [1.29, 1.82) is 0 Å². The molecule has 0 radical (unpaired) electrons. The first-order valence-corrected chi connectivity index (χ1v) is 8.98. The summed E-state index contributed by atoms with van der Waals surface area (Å²) in [5.41, 5.74) is 1.84. The van der Waals surface area contributed by atoms with Gasteiger partial charge in [-0.2, -0.15) is 0 Å². The maximum absolute atomic E-state index is 12.7. The highest BCUT2D eigenvalue weighted by Crippen LogP contribution is 2.31. The number of hydrogen-bond donors (Lipinski definition) is 1. The molecule has 1 N–H and O–H groups in total. The molecular formula is C14H18N2O4S. The number of amides is 1. The van der Waals surface area contributed by atoms with Crippen molar-refractivity contribution in [3.05, 3.63) is 24.1 Å². The van der Waals surface area contributed by atoms with E-state index in [1.54, 1.807) is 30.2 Å². The number of H-pyrrole nitrogens is 1. The van der Waals surface area contributed by atoms with Crippen LogP contribution in [0.25, 0.3) is 11.1 Å². The highest BCUT2D eigenvalue weighted by atomic mass is 32.2. The fraction of sp³-hybridized carbons (Fsp3) is 0.500. The summed E-state index contributed by atoms with van der Waals surface area (Å²) in [5, 5.41) is 0. The zero-order valence-corrected chi connectivity index (χ0v) is 12.8. The minimum atomic E-state index is -3.13. The van der Waals surface area contributed by atoms with Gasteiger partial charge in [0.05, 0.1) is 17.5 Å². The van der Waals surface area contributed by atoms with Gasteiger partial charge in [-0.1, -0.05) is 0 Å². The Morgan fingerprint density at radius 3 is 2.81 bits per heavy atom. The van der Waals surface area contributed by atoms with E-state index in [0.29, 0.717) is 11.3 Å². The predicted octanol–water partition coefficient (Wildman–Crippen LogP) is 1.80. The molecule has 1 saturated carbocycles. The Balaban J connectivity index is 1.86.